The largest absolute Gasteiger partial charge is 0.508 e. The number of phenolic OH excluding ortho intramolecular Hbond substituents is 1. The minimum atomic E-state index is -1.67. The number of phenols is 1. The molecule has 1 saturated heterocycles. The first-order chi connectivity index (χ1) is 36.8. The number of aromatic nitrogens is 1. The van der Waals surface area contributed by atoms with Crippen LogP contribution in [0.15, 0.2) is 90.1 Å². The lowest BCUT2D eigenvalue weighted by molar-refractivity contribution is -0.142. The smallest absolute Gasteiger partial charge is 0.408 e. The number of halogens is 1. The van der Waals surface area contributed by atoms with E-state index in [0.29, 0.717) is 29.5 Å². The zero-order chi connectivity index (χ0) is 56.0. The van der Waals surface area contributed by atoms with Crippen LogP contribution in [0.5, 0.6) is 5.75 Å². The molecule has 0 spiro atoms. The van der Waals surface area contributed by atoms with E-state index in [1.165, 1.54) is 29.2 Å². The van der Waals surface area contributed by atoms with E-state index in [-0.39, 0.29) is 81.8 Å². The summed E-state index contributed by atoms with van der Waals surface area (Å²) in [6, 6.07) is 14.0. The number of aromatic amines is 1. The summed E-state index contributed by atoms with van der Waals surface area (Å²) in [5.41, 5.74) is 18.7. The first kappa shape index (κ1) is 62.1. The average Bonchev–Trinajstić information content (AvgIpc) is 4.08. The number of hydrogen-bond donors (Lipinski definition) is 13. The molecule has 25 nitrogen and oxygen atoms in total. The van der Waals surface area contributed by atoms with Gasteiger partial charge in [-0.05, 0) is 72.9 Å². The van der Waals surface area contributed by atoms with Crippen LogP contribution >= 0.6 is 12.4 Å². The average molecular weight is 1100 g/mol. The number of ether oxygens (including phenoxy) is 1. The van der Waals surface area contributed by atoms with Gasteiger partial charge in [0.2, 0.25) is 47.3 Å². The van der Waals surface area contributed by atoms with E-state index in [1.807, 2.05) is 18.2 Å². The third kappa shape index (κ3) is 19.6. The van der Waals surface area contributed by atoms with Gasteiger partial charge in [0.15, 0.2) is 5.96 Å². The Bertz CT molecular complexity index is 2720. The Balaban J connectivity index is 0.0000131. The number of aliphatic imine (C=N–C) groups is 1. The Kier molecular flexibility index (Phi) is 24.6. The molecule has 1 fully saturated rings. The molecule has 5 rings (SSSR count). The number of para-hydroxylation sites is 1. The van der Waals surface area contributed by atoms with Gasteiger partial charge in [0.25, 0.3) is 0 Å². The topological polar surface area (TPSA) is 397 Å². The summed E-state index contributed by atoms with van der Waals surface area (Å²) in [5, 5.41) is 38.9. The Morgan fingerprint density at radius 3 is 2.05 bits per heavy atom. The van der Waals surface area contributed by atoms with Crippen LogP contribution in [0.25, 0.3) is 10.9 Å². The molecular weight excluding hydrogens is 1030 g/mol. The number of benzene rings is 3. The van der Waals surface area contributed by atoms with Gasteiger partial charge in [-0.15, -0.1) is 12.4 Å². The second-order valence-corrected chi connectivity index (χ2v) is 18.8. The number of alkyl carbamates (subject to hydrolysis) is 1. The van der Waals surface area contributed by atoms with E-state index >= 15 is 0 Å². The number of likely N-dealkylation sites (tertiary alicyclic amines) is 1. The van der Waals surface area contributed by atoms with Crippen LogP contribution in [0.4, 0.5) is 4.79 Å². The van der Waals surface area contributed by atoms with Crippen molar-refractivity contribution in [2.75, 3.05) is 32.8 Å². The van der Waals surface area contributed by atoms with E-state index in [9.17, 15) is 53.4 Å². The third-order valence-electron chi connectivity index (χ3n) is 12.4. The van der Waals surface area contributed by atoms with Crippen molar-refractivity contribution in [3.8, 4) is 5.75 Å². The molecule has 26 heteroatoms. The summed E-state index contributed by atoms with van der Waals surface area (Å²) < 4.78 is 5.39. The van der Waals surface area contributed by atoms with Crippen molar-refractivity contribution in [1.82, 2.24) is 47.1 Å². The number of primary amides is 1. The molecule has 9 amide bonds. The number of nitrogens with zero attached hydrogens (tertiary/aromatic N) is 2. The number of nitrogens with two attached hydrogens (primary N) is 3. The number of hydrogen-bond acceptors (Lipinski definition) is 13. The number of carbonyl (C=O) groups excluding carboxylic acids is 9. The van der Waals surface area contributed by atoms with Gasteiger partial charge in [0.1, 0.15) is 48.6 Å². The van der Waals surface area contributed by atoms with Crippen LogP contribution in [0.3, 0.4) is 0 Å². The third-order valence-corrected chi connectivity index (χ3v) is 12.4. The summed E-state index contributed by atoms with van der Waals surface area (Å²) in [5.74, 6) is -6.73. The minimum Gasteiger partial charge on any atom is -0.508 e. The predicted molar refractivity (Wildman–Crippen MR) is 289 cm³/mol. The van der Waals surface area contributed by atoms with Crippen molar-refractivity contribution in [3.63, 3.8) is 0 Å². The number of guanidine groups is 1. The molecule has 3 aromatic carbocycles. The molecule has 4 aromatic rings. The van der Waals surface area contributed by atoms with E-state index in [2.05, 4.69) is 47.2 Å². The molecule has 1 aromatic heterocycles. The highest BCUT2D eigenvalue weighted by Crippen LogP contribution is 2.22. The number of carbonyl (C=O) groups is 9. The zero-order valence-corrected chi connectivity index (χ0v) is 44.1. The highest BCUT2D eigenvalue weighted by molar-refractivity contribution is 5.97. The lowest BCUT2D eigenvalue weighted by Gasteiger charge is -2.30. The lowest BCUT2D eigenvalue weighted by atomic mass is 10.0. The van der Waals surface area contributed by atoms with Gasteiger partial charge in [-0.25, -0.2) is 4.79 Å². The van der Waals surface area contributed by atoms with Gasteiger partial charge in [-0.2, -0.15) is 0 Å². The Hall–Kier alpha value is -8.45. The van der Waals surface area contributed by atoms with Gasteiger partial charge in [-0.3, -0.25) is 43.3 Å². The fourth-order valence-corrected chi connectivity index (χ4v) is 8.52. The summed E-state index contributed by atoms with van der Waals surface area (Å²) in [6.07, 6.45) is 1.59. The Morgan fingerprint density at radius 2 is 1.37 bits per heavy atom. The second kappa shape index (κ2) is 30.9. The second-order valence-electron chi connectivity index (χ2n) is 18.8. The normalized spacial score (nSPS) is 14.7. The summed E-state index contributed by atoms with van der Waals surface area (Å²) in [6.45, 7) is 1.70. The van der Waals surface area contributed by atoms with E-state index < -0.39 is 109 Å². The molecule has 1 aliphatic rings. The molecule has 0 unspecified atom stereocenters. The number of aromatic hydroxyl groups is 1. The van der Waals surface area contributed by atoms with Crippen molar-refractivity contribution in [2.24, 2.45) is 28.1 Å². The molecular formula is C52H70ClN13O12. The molecule has 0 bridgehead atoms. The molecule has 0 aliphatic carbocycles. The van der Waals surface area contributed by atoms with Gasteiger partial charge in [0.05, 0.1) is 19.7 Å². The Morgan fingerprint density at radius 1 is 0.731 bits per heavy atom. The van der Waals surface area contributed by atoms with Crippen LogP contribution in [0, 0.1) is 5.92 Å². The highest BCUT2D eigenvalue weighted by Gasteiger charge is 2.39. The quantitative estimate of drug-likeness (QED) is 0.0187. The van der Waals surface area contributed by atoms with E-state index in [4.69, 9.17) is 21.9 Å². The summed E-state index contributed by atoms with van der Waals surface area (Å²) in [7, 11) is 0. The van der Waals surface area contributed by atoms with Crippen molar-refractivity contribution >= 4 is 82.6 Å². The number of nitrogens with one attached hydrogen (secondary N) is 8. The Labute approximate surface area is 456 Å². The fourth-order valence-electron chi connectivity index (χ4n) is 8.52. The molecule has 1 aliphatic heterocycles. The highest BCUT2D eigenvalue weighted by atomic mass is 35.5. The van der Waals surface area contributed by atoms with Gasteiger partial charge >= 0.3 is 6.09 Å². The monoisotopic (exact) mass is 1100 g/mol. The first-order valence-electron chi connectivity index (χ1n) is 25.1. The predicted octanol–water partition coefficient (Wildman–Crippen LogP) is -0.885. The molecule has 422 valence electrons. The maximum atomic E-state index is 14.1. The maximum absolute atomic E-state index is 14.1. The van der Waals surface area contributed by atoms with Crippen LogP contribution in [-0.4, -0.2) is 148 Å². The molecule has 78 heavy (non-hydrogen) atoms. The van der Waals surface area contributed by atoms with Crippen molar-refractivity contribution < 1.29 is 58.1 Å². The summed E-state index contributed by atoms with van der Waals surface area (Å²) >= 11 is 0. The molecule has 0 saturated carbocycles. The van der Waals surface area contributed by atoms with E-state index in [0.717, 1.165) is 10.9 Å². The van der Waals surface area contributed by atoms with Crippen LogP contribution < -0.4 is 54.4 Å². The SMILES string of the molecule is CC(C)C[C@H](NC(=O)CNC(=O)[C@H](Cc1ccc(O)cc1)NC(=O)[C@H](CO)NC(=O)[C@H](Cc1c[nH]c2ccccc12)NC(=O)OCc1ccccc1)C(=O)N[C@@H](CCCN=C(N)N)C(=O)N1CCC[C@H]1C(=O)NCC(N)=O.Cl. The molecule has 16 N–H and O–H groups in total. The number of H-pyrrole nitrogens is 1. The maximum Gasteiger partial charge on any atom is 0.408 e. The van der Waals surface area contributed by atoms with Crippen LogP contribution in [0.2, 0.25) is 0 Å². The van der Waals surface area contributed by atoms with Crippen molar-refractivity contribution in [3.05, 3.63) is 102 Å². The number of aliphatic hydroxyl groups excluding tert-OH is 1. The zero-order valence-electron chi connectivity index (χ0n) is 43.3. The first-order valence-corrected chi connectivity index (χ1v) is 25.1. The van der Waals surface area contributed by atoms with Gasteiger partial charge in [0, 0.05) is 43.0 Å². The van der Waals surface area contributed by atoms with Gasteiger partial charge in [-0.1, -0.05) is 74.5 Å². The van der Waals surface area contributed by atoms with Crippen molar-refractivity contribution in [2.45, 2.75) is 102 Å². The standard InChI is InChI=1S/C52H69N13O12.ClH/c1-30(2)22-38(46(71)61-37(14-8-20-56-51(54)55)50(75)65-21-9-15-42(65)49(74)58-26-43(53)68)60-44(69)27-59-45(70)39(23-31-16-18-34(67)19-17-31)62-48(73)41(28-66)63-47(72)40(24-33-25-57-36-13-7-6-12-35(33)36)64-52(76)77-29-32-10-4-3-5-11-32;/h3-7,10-13,16-19,25,30,37-42,57,66-67H,8-9,14-15,20-24,26-29H2,1-2H3,(H2,53,68)(H,58,74)(H,59,70)(H,60,69)(H,61,71)(H,62,73)(H,63,72)(H,64,76)(H4,54,55,56);1H/t37-,38-,39-,40-,41-,42-;/m0./s1. The lowest BCUT2D eigenvalue weighted by Crippen LogP contribution is -2.59. The molecule has 6 atom stereocenters. The van der Waals surface area contributed by atoms with E-state index in [1.54, 1.807) is 56.4 Å². The number of amides is 9. The van der Waals surface area contributed by atoms with Crippen LogP contribution in [0.1, 0.15) is 62.6 Å². The molecule has 0 radical (unpaired) electrons. The van der Waals surface area contributed by atoms with Crippen LogP contribution in [-0.2, 0) is 62.5 Å². The van der Waals surface area contributed by atoms with Gasteiger partial charge < -0.3 is 79.3 Å². The number of aliphatic hydroxyl groups is 1. The molecule has 2 heterocycles. The number of fused-ring (bicyclic) bond motifs is 1. The van der Waals surface area contributed by atoms with Crippen molar-refractivity contribution in [1.29, 1.82) is 0 Å². The number of rotatable bonds is 28. The fraction of sp³-hybridized carbons (Fsp3) is 0.423. The summed E-state index contributed by atoms with van der Waals surface area (Å²) in [4.78, 5) is 129. The minimum absolute atomic E-state index is 0.